The molecule has 0 amide bonds. The molecular formula is C23H32ClN5O3. The molecule has 174 valence electrons. The Hall–Kier alpha value is -1.29. The normalized spacial score (nSPS) is 34.6. The van der Waals surface area contributed by atoms with E-state index in [9.17, 15) is 0 Å². The third-order valence-electron chi connectivity index (χ3n) is 7.92. The lowest BCUT2D eigenvalue weighted by molar-refractivity contribution is -0.199. The van der Waals surface area contributed by atoms with Crippen LogP contribution < -0.4 is 0 Å². The average Bonchev–Trinajstić information content (AvgIpc) is 3.49. The summed E-state index contributed by atoms with van der Waals surface area (Å²) in [6.07, 6.45) is 7.78. The highest BCUT2D eigenvalue weighted by Crippen LogP contribution is 2.46. The molecule has 8 nitrogen and oxygen atoms in total. The van der Waals surface area contributed by atoms with Crippen LogP contribution in [0, 0.1) is 0 Å². The van der Waals surface area contributed by atoms with Crippen molar-refractivity contribution in [2.45, 2.75) is 75.4 Å². The summed E-state index contributed by atoms with van der Waals surface area (Å²) in [7, 11) is 2.23. The van der Waals surface area contributed by atoms with Crippen LogP contribution in [0.3, 0.4) is 0 Å². The van der Waals surface area contributed by atoms with Crippen molar-refractivity contribution in [1.29, 1.82) is 0 Å². The van der Waals surface area contributed by atoms with Crippen LogP contribution in [0.5, 0.6) is 0 Å². The van der Waals surface area contributed by atoms with E-state index in [1.165, 1.54) is 45.1 Å². The molecule has 0 saturated carbocycles. The van der Waals surface area contributed by atoms with Gasteiger partial charge in [0.05, 0.1) is 5.39 Å². The number of hydrogen-bond acceptors (Lipinski definition) is 7. The molecule has 4 atom stereocenters. The second-order valence-electron chi connectivity index (χ2n) is 10.3. The average molecular weight is 462 g/mol. The van der Waals surface area contributed by atoms with Crippen molar-refractivity contribution in [2.75, 3.05) is 33.2 Å². The number of piperidine rings is 1. The topological polar surface area (TPSA) is 64.9 Å². The monoisotopic (exact) mass is 461 g/mol. The fourth-order valence-corrected chi connectivity index (χ4v) is 6.46. The molecule has 0 aliphatic carbocycles. The first-order valence-corrected chi connectivity index (χ1v) is 12.1. The molecular weight excluding hydrogens is 430 g/mol. The zero-order valence-corrected chi connectivity index (χ0v) is 19.8. The van der Waals surface area contributed by atoms with E-state index in [1.807, 2.05) is 30.7 Å². The molecule has 0 bridgehead atoms. The number of hydrogen-bond donors (Lipinski definition) is 0. The predicted molar refractivity (Wildman–Crippen MR) is 121 cm³/mol. The van der Waals surface area contributed by atoms with Gasteiger partial charge in [-0.25, -0.2) is 9.97 Å². The third-order valence-corrected chi connectivity index (χ3v) is 8.22. The van der Waals surface area contributed by atoms with Crippen molar-refractivity contribution in [1.82, 2.24) is 24.3 Å². The first kappa shape index (κ1) is 21.3. The highest BCUT2D eigenvalue weighted by atomic mass is 35.5. The largest absolute Gasteiger partial charge is 0.348 e. The number of nitrogens with zero attached hydrogens (tertiary/aromatic N) is 5. The minimum Gasteiger partial charge on any atom is -0.348 e. The molecule has 9 heteroatoms. The van der Waals surface area contributed by atoms with Gasteiger partial charge < -0.3 is 23.7 Å². The molecule has 4 saturated heterocycles. The van der Waals surface area contributed by atoms with Crippen LogP contribution in [0.15, 0.2) is 18.6 Å². The van der Waals surface area contributed by atoms with E-state index < -0.39 is 5.79 Å². The van der Waals surface area contributed by atoms with Gasteiger partial charge in [0.15, 0.2) is 12.0 Å². The molecule has 2 aromatic rings. The number of fused-ring (bicyclic) bond motifs is 2. The van der Waals surface area contributed by atoms with Crippen LogP contribution in [0.25, 0.3) is 11.0 Å². The molecule has 0 aromatic carbocycles. The van der Waals surface area contributed by atoms with Gasteiger partial charge >= 0.3 is 0 Å². The maximum atomic E-state index is 6.69. The first-order chi connectivity index (χ1) is 15.4. The molecule has 32 heavy (non-hydrogen) atoms. The molecule has 2 aromatic heterocycles. The number of rotatable bonds is 3. The molecule has 6 heterocycles. The van der Waals surface area contributed by atoms with Crippen LogP contribution in [-0.2, 0) is 14.2 Å². The predicted octanol–water partition coefficient (Wildman–Crippen LogP) is 3.06. The Labute approximate surface area is 193 Å². The lowest BCUT2D eigenvalue weighted by atomic mass is 9.85. The summed E-state index contributed by atoms with van der Waals surface area (Å²) < 4.78 is 21.5. The Balaban J connectivity index is 1.29. The van der Waals surface area contributed by atoms with Crippen LogP contribution in [-0.4, -0.2) is 87.2 Å². The van der Waals surface area contributed by atoms with Gasteiger partial charge in [0.2, 0.25) is 0 Å². The molecule has 4 aliphatic heterocycles. The molecule has 0 radical (unpaired) electrons. The summed E-state index contributed by atoms with van der Waals surface area (Å²) in [6, 6.07) is 1.94. The molecule has 0 unspecified atom stereocenters. The van der Waals surface area contributed by atoms with E-state index in [2.05, 4.69) is 26.8 Å². The van der Waals surface area contributed by atoms with Gasteiger partial charge in [0, 0.05) is 18.3 Å². The minimum absolute atomic E-state index is 0.0591. The van der Waals surface area contributed by atoms with Gasteiger partial charge in [-0.1, -0.05) is 11.6 Å². The smallest absolute Gasteiger partial charge is 0.164 e. The summed E-state index contributed by atoms with van der Waals surface area (Å²) in [5, 5.41) is 1.27. The Kier molecular flexibility index (Phi) is 5.06. The molecule has 0 N–H and O–H groups in total. The minimum atomic E-state index is -0.637. The zero-order valence-electron chi connectivity index (χ0n) is 19.0. The van der Waals surface area contributed by atoms with Gasteiger partial charge in [-0.2, -0.15) is 0 Å². The lowest BCUT2D eigenvalue weighted by Crippen LogP contribution is -2.54. The number of ether oxygens (including phenoxy) is 3. The van der Waals surface area contributed by atoms with Gasteiger partial charge in [-0.3, -0.25) is 4.90 Å². The second-order valence-corrected chi connectivity index (χ2v) is 10.7. The SMILES string of the molecule is CN1CCC2(CCCN2C[C@H]2O[C@@H](n3ccc4c(Cl)ncnc43)[C@@H]3OC(C)(C)O[C@@H]32)CC1. The standard InChI is InChI=1S/C23H32ClN5O3/c1-22(2)31-17-16(13-28-9-4-6-23(28)7-11-27(3)12-8-23)30-21(18(17)32-22)29-10-5-15-19(24)25-14-26-20(15)29/h5,10,14,16-18,21H,4,6-9,11-13H2,1-3H3/t16-,17-,18-,21-/m1/s1. The Morgan fingerprint density at radius 3 is 2.69 bits per heavy atom. The number of aromatic nitrogens is 3. The molecule has 4 fully saturated rings. The lowest BCUT2D eigenvalue weighted by Gasteiger charge is -2.45. The van der Waals surface area contributed by atoms with Crippen molar-refractivity contribution < 1.29 is 14.2 Å². The van der Waals surface area contributed by atoms with Gasteiger partial charge in [0.1, 0.15) is 35.4 Å². The molecule has 4 aliphatic rings. The third kappa shape index (κ3) is 3.38. The van der Waals surface area contributed by atoms with E-state index in [-0.39, 0.29) is 24.5 Å². The van der Waals surface area contributed by atoms with Crippen molar-refractivity contribution in [3.05, 3.63) is 23.7 Å². The molecule has 1 spiro atoms. The van der Waals surface area contributed by atoms with E-state index in [1.54, 1.807) is 0 Å². The maximum absolute atomic E-state index is 6.69. The van der Waals surface area contributed by atoms with Crippen LogP contribution in [0.2, 0.25) is 5.15 Å². The highest BCUT2D eigenvalue weighted by Gasteiger charge is 2.57. The number of likely N-dealkylation sites (tertiary alicyclic amines) is 2. The van der Waals surface area contributed by atoms with Crippen molar-refractivity contribution >= 4 is 22.6 Å². The summed E-state index contributed by atoms with van der Waals surface area (Å²) in [5.41, 5.74) is 1.06. The van der Waals surface area contributed by atoms with Crippen molar-refractivity contribution in [2.24, 2.45) is 0 Å². The maximum Gasteiger partial charge on any atom is 0.164 e. The quantitative estimate of drug-likeness (QED) is 0.651. The first-order valence-electron chi connectivity index (χ1n) is 11.8. The van der Waals surface area contributed by atoms with Crippen molar-refractivity contribution in [3.63, 3.8) is 0 Å². The highest BCUT2D eigenvalue weighted by molar-refractivity contribution is 6.33. The second kappa shape index (κ2) is 7.61. The fourth-order valence-electron chi connectivity index (χ4n) is 6.27. The van der Waals surface area contributed by atoms with Crippen LogP contribution in [0.4, 0.5) is 0 Å². The summed E-state index contributed by atoms with van der Waals surface area (Å²) in [5.74, 6) is -0.637. The van der Waals surface area contributed by atoms with E-state index in [0.717, 1.165) is 24.1 Å². The summed E-state index contributed by atoms with van der Waals surface area (Å²) >= 11 is 6.30. The van der Waals surface area contributed by atoms with Gasteiger partial charge in [-0.15, -0.1) is 0 Å². The van der Waals surface area contributed by atoms with E-state index >= 15 is 0 Å². The van der Waals surface area contributed by atoms with E-state index in [4.69, 9.17) is 25.8 Å². The Morgan fingerprint density at radius 1 is 1.09 bits per heavy atom. The van der Waals surface area contributed by atoms with E-state index in [0.29, 0.717) is 10.7 Å². The van der Waals surface area contributed by atoms with Crippen molar-refractivity contribution in [3.8, 4) is 0 Å². The Morgan fingerprint density at radius 2 is 1.88 bits per heavy atom. The molecule has 6 rings (SSSR count). The number of halogens is 1. The van der Waals surface area contributed by atoms with Gasteiger partial charge in [-0.05, 0) is 72.3 Å². The van der Waals surface area contributed by atoms with Gasteiger partial charge in [0.25, 0.3) is 0 Å². The van der Waals surface area contributed by atoms with Crippen LogP contribution >= 0.6 is 11.6 Å². The zero-order chi connectivity index (χ0) is 22.1. The van der Waals surface area contributed by atoms with Crippen LogP contribution in [0.1, 0.15) is 45.8 Å². The fraction of sp³-hybridized carbons (Fsp3) is 0.739. The summed E-state index contributed by atoms with van der Waals surface area (Å²) in [4.78, 5) is 13.7. The Bertz CT molecular complexity index is 1000. The summed E-state index contributed by atoms with van der Waals surface area (Å²) in [6.45, 7) is 8.31.